The molecular weight excluding hydrogens is 338 g/mol. The van der Waals surface area contributed by atoms with Gasteiger partial charge in [-0.25, -0.2) is 13.2 Å². The molecule has 1 N–H and O–H groups in total. The van der Waals surface area contributed by atoms with E-state index >= 15 is 0 Å². The minimum Gasteiger partial charge on any atom is -0.544 e. The van der Waals surface area contributed by atoms with E-state index in [4.69, 9.17) is 9.16 Å². The molecule has 23 heavy (non-hydrogen) atoms. The molecule has 9 heteroatoms. The Morgan fingerprint density at radius 1 is 1.26 bits per heavy atom. The van der Waals surface area contributed by atoms with Crippen LogP contribution in [0, 0.1) is 0 Å². The maximum Gasteiger partial charge on any atom is 0.339 e. The highest BCUT2D eigenvalue weighted by molar-refractivity contribution is 7.89. The van der Waals surface area contributed by atoms with Crippen molar-refractivity contribution in [3.63, 3.8) is 0 Å². The minimum absolute atomic E-state index is 0.0419. The van der Waals surface area contributed by atoms with Gasteiger partial charge in [0, 0.05) is 13.1 Å². The Kier molecular flexibility index (Phi) is 5.14. The van der Waals surface area contributed by atoms with E-state index in [0.29, 0.717) is 13.2 Å². The molecule has 1 fully saturated rings. The molecule has 0 spiro atoms. The zero-order valence-electron chi connectivity index (χ0n) is 13.4. The maximum atomic E-state index is 12.6. The van der Waals surface area contributed by atoms with Crippen LogP contribution in [0.2, 0.25) is 19.6 Å². The second-order valence-corrected chi connectivity index (χ2v) is 12.6. The lowest BCUT2D eigenvalue weighted by atomic mass is 10.2. The third kappa shape index (κ3) is 4.31. The number of hydrogen-bond donors (Lipinski definition) is 1. The van der Waals surface area contributed by atoms with Crippen molar-refractivity contribution in [2.75, 3.05) is 26.3 Å². The van der Waals surface area contributed by atoms with Gasteiger partial charge in [-0.3, -0.25) is 0 Å². The fraction of sp³-hybridized carbons (Fsp3) is 0.500. The summed E-state index contributed by atoms with van der Waals surface area (Å²) < 4.78 is 37.4. The van der Waals surface area contributed by atoms with Gasteiger partial charge in [0.05, 0.1) is 18.1 Å². The highest BCUT2D eigenvalue weighted by Gasteiger charge is 2.29. The first-order chi connectivity index (χ1) is 10.6. The number of nitrogens with zero attached hydrogens (tertiary/aromatic N) is 1. The van der Waals surface area contributed by atoms with Crippen molar-refractivity contribution in [2.45, 2.75) is 24.5 Å². The lowest BCUT2D eigenvalue weighted by molar-refractivity contribution is 0.0694. The predicted octanol–water partition coefficient (Wildman–Crippen LogP) is 1.62. The van der Waals surface area contributed by atoms with Gasteiger partial charge in [0.1, 0.15) is 11.3 Å². The van der Waals surface area contributed by atoms with Crippen LogP contribution in [-0.2, 0) is 14.8 Å². The van der Waals surface area contributed by atoms with Crippen LogP contribution in [0.25, 0.3) is 0 Å². The molecule has 0 aliphatic carbocycles. The zero-order chi connectivity index (χ0) is 17.3. The Balaban J connectivity index is 2.41. The number of sulfonamides is 1. The monoisotopic (exact) mass is 359 g/mol. The van der Waals surface area contributed by atoms with E-state index in [1.54, 1.807) is 0 Å². The normalized spacial score (nSPS) is 17.0. The molecule has 1 saturated heterocycles. The van der Waals surface area contributed by atoms with E-state index in [-0.39, 0.29) is 29.3 Å². The van der Waals surface area contributed by atoms with Gasteiger partial charge in [0.2, 0.25) is 18.3 Å². The number of carboxylic acids is 1. The average molecular weight is 359 g/mol. The van der Waals surface area contributed by atoms with Gasteiger partial charge in [-0.2, -0.15) is 4.31 Å². The van der Waals surface area contributed by atoms with Gasteiger partial charge in [-0.15, -0.1) is 0 Å². The van der Waals surface area contributed by atoms with Crippen molar-refractivity contribution in [1.29, 1.82) is 0 Å². The third-order valence-corrected chi connectivity index (χ3v) is 5.93. The summed E-state index contributed by atoms with van der Waals surface area (Å²) in [6.07, 6.45) is 0. The molecule has 128 valence electrons. The first-order valence-electron chi connectivity index (χ1n) is 7.25. The number of rotatable bonds is 5. The van der Waals surface area contributed by atoms with Crippen LogP contribution in [0.4, 0.5) is 0 Å². The molecule has 0 aromatic heterocycles. The van der Waals surface area contributed by atoms with Crippen LogP contribution < -0.4 is 4.43 Å². The summed E-state index contributed by atoms with van der Waals surface area (Å²) in [4.78, 5) is 11.4. The van der Waals surface area contributed by atoms with Gasteiger partial charge in [0.15, 0.2) is 0 Å². The fourth-order valence-electron chi connectivity index (χ4n) is 2.19. The summed E-state index contributed by atoms with van der Waals surface area (Å²) in [5, 5.41) is 9.37. The van der Waals surface area contributed by atoms with E-state index in [0.717, 1.165) is 0 Å². The van der Waals surface area contributed by atoms with Crippen molar-refractivity contribution < 1.29 is 27.5 Å². The summed E-state index contributed by atoms with van der Waals surface area (Å²) in [5.41, 5.74) is -0.137. The molecule has 1 aromatic rings. The molecule has 1 aliphatic rings. The molecule has 0 radical (unpaired) electrons. The number of benzene rings is 1. The van der Waals surface area contributed by atoms with Crippen LogP contribution in [0.15, 0.2) is 23.1 Å². The highest BCUT2D eigenvalue weighted by Crippen LogP contribution is 2.27. The molecule has 7 nitrogen and oxygen atoms in total. The first kappa shape index (κ1) is 17.9. The molecule has 0 saturated carbocycles. The van der Waals surface area contributed by atoms with Crippen molar-refractivity contribution >= 4 is 24.3 Å². The zero-order valence-corrected chi connectivity index (χ0v) is 15.2. The van der Waals surface area contributed by atoms with Crippen LogP contribution in [0.1, 0.15) is 10.4 Å². The second-order valence-electron chi connectivity index (χ2n) is 6.19. The van der Waals surface area contributed by atoms with E-state index in [1.165, 1.54) is 22.5 Å². The molecule has 0 bridgehead atoms. The Labute approximate surface area is 137 Å². The van der Waals surface area contributed by atoms with E-state index in [2.05, 4.69) is 0 Å². The summed E-state index contributed by atoms with van der Waals surface area (Å²) in [5.74, 6) is -1.00. The molecule has 1 aliphatic heterocycles. The minimum atomic E-state index is -3.73. The van der Waals surface area contributed by atoms with Crippen molar-refractivity contribution in [3.05, 3.63) is 23.8 Å². The molecule has 0 amide bonds. The molecule has 2 rings (SSSR count). The van der Waals surface area contributed by atoms with E-state index in [1.807, 2.05) is 19.6 Å². The summed E-state index contributed by atoms with van der Waals surface area (Å²) in [6, 6.07) is 3.99. The van der Waals surface area contributed by atoms with Crippen LogP contribution in [-0.4, -0.2) is 58.4 Å². The molecule has 0 atom stereocenters. The number of carbonyl (C=O) groups is 1. The largest absolute Gasteiger partial charge is 0.544 e. The van der Waals surface area contributed by atoms with Gasteiger partial charge in [-0.1, -0.05) is 0 Å². The first-order valence-corrected chi connectivity index (χ1v) is 12.1. The SMILES string of the molecule is C[Si](C)(C)Oc1ccc(S(=O)(=O)N2CCOCC2)cc1C(=O)O. The fourth-order valence-corrected chi connectivity index (χ4v) is 4.46. The Morgan fingerprint density at radius 3 is 2.39 bits per heavy atom. The Hall–Kier alpha value is -1.42. The topological polar surface area (TPSA) is 93.1 Å². The van der Waals surface area contributed by atoms with Crippen molar-refractivity contribution in [2.24, 2.45) is 0 Å². The predicted molar refractivity (Wildman–Crippen MR) is 87.0 cm³/mol. The lowest BCUT2D eigenvalue weighted by Crippen LogP contribution is -2.40. The molecule has 1 aromatic carbocycles. The molecular formula is C14H21NO6SSi. The second kappa shape index (κ2) is 6.60. The quantitative estimate of drug-likeness (QED) is 0.803. The van der Waals surface area contributed by atoms with Crippen LogP contribution >= 0.6 is 0 Å². The highest BCUT2D eigenvalue weighted by atomic mass is 32.2. The number of carboxylic acid groups (broad SMARTS) is 1. The molecule has 1 heterocycles. The van der Waals surface area contributed by atoms with Gasteiger partial charge < -0.3 is 14.3 Å². The number of morpholine rings is 1. The van der Waals surface area contributed by atoms with Gasteiger partial charge in [-0.05, 0) is 37.8 Å². The molecule has 0 unspecified atom stereocenters. The van der Waals surface area contributed by atoms with E-state index in [9.17, 15) is 18.3 Å². The summed E-state index contributed by atoms with van der Waals surface area (Å²) >= 11 is 0. The van der Waals surface area contributed by atoms with Gasteiger partial charge >= 0.3 is 5.97 Å². The number of ether oxygens (including phenoxy) is 1. The lowest BCUT2D eigenvalue weighted by Gasteiger charge is -2.26. The number of aromatic carboxylic acids is 1. The Bertz CT molecular complexity index is 692. The van der Waals surface area contributed by atoms with Crippen molar-refractivity contribution in [1.82, 2.24) is 4.31 Å². The Morgan fingerprint density at radius 2 is 1.87 bits per heavy atom. The standard InChI is InChI=1S/C14H21NO6SSi/c1-23(2,3)21-13-5-4-11(10-12(13)14(16)17)22(18,19)15-6-8-20-9-7-15/h4-5,10H,6-9H2,1-3H3,(H,16,17). The summed E-state index contributed by atoms with van der Waals surface area (Å²) in [6.45, 7) is 6.98. The smallest absolute Gasteiger partial charge is 0.339 e. The maximum absolute atomic E-state index is 12.6. The third-order valence-electron chi connectivity index (χ3n) is 3.21. The number of hydrogen-bond acceptors (Lipinski definition) is 5. The average Bonchev–Trinajstić information content (AvgIpc) is 2.46. The van der Waals surface area contributed by atoms with Crippen LogP contribution in [0.3, 0.4) is 0 Å². The van der Waals surface area contributed by atoms with E-state index < -0.39 is 24.3 Å². The van der Waals surface area contributed by atoms with Crippen molar-refractivity contribution in [3.8, 4) is 5.75 Å². The van der Waals surface area contributed by atoms with Gasteiger partial charge in [0.25, 0.3) is 0 Å². The summed E-state index contributed by atoms with van der Waals surface area (Å²) in [7, 11) is -5.74. The van der Waals surface area contributed by atoms with Crippen LogP contribution in [0.5, 0.6) is 5.75 Å².